The third-order valence-electron chi connectivity index (χ3n) is 3.73. The Kier molecular flexibility index (Phi) is 3.82. The van der Waals surface area contributed by atoms with E-state index < -0.39 is 0 Å². The van der Waals surface area contributed by atoms with Crippen LogP contribution in [0.15, 0.2) is 18.2 Å². The van der Waals surface area contributed by atoms with E-state index in [-0.39, 0.29) is 36.0 Å². The molecule has 0 bridgehead atoms. The molecule has 7 heteroatoms. The van der Waals surface area contributed by atoms with Crippen LogP contribution in [-0.2, 0) is 9.59 Å². The topological polar surface area (TPSA) is 62.3 Å². The standard InChI is InChI=1S/C15H16FN3O2S/c1-8(2)19-7-9(5-13(19)20)14(21)18-15-17-11-4-3-10(16)6-12(11)22-15/h3-4,6,8-9H,5,7H2,1-2H3,(H,17,18,21). The number of hydrogen-bond acceptors (Lipinski definition) is 4. The number of anilines is 1. The molecule has 1 aliphatic heterocycles. The molecular weight excluding hydrogens is 305 g/mol. The van der Waals surface area contributed by atoms with Crippen molar-refractivity contribution in [2.75, 3.05) is 11.9 Å². The summed E-state index contributed by atoms with van der Waals surface area (Å²) in [5.74, 6) is -0.904. The Labute approximate surface area is 131 Å². The second kappa shape index (κ2) is 5.64. The van der Waals surface area contributed by atoms with Crippen LogP contribution in [0.3, 0.4) is 0 Å². The Morgan fingerprint density at radius 2 is 2.27 bits per heavy atom. The number of fused-ring (bicyclic) bond motifs is 1. The average molecular weight is 321 g/mol. The second-order valence-electron chi connectivity index (χ2n) is 5.66. The van der Waals surface area contributed by atoms with Gasteiger partial charge in [0.1, 0.15) is 5.82 Å². The van der Waals surface area contributed by atoms with Crippen molar-refractivity contribution in [1.82, 2.24) is 9.88 Å². The number of rotatable bonds is 3. The molecule has 1 saturated heterocycles. The minimum atomic E-state index is -0.362. The van der Waals surface area contributed by atoms with Gasteiger partial charge in [0.15, 0.2) is 5.13 Å². The van der Waals surface area contributed by atoms with Gasteiger partial charge in [-0.1, -0.05) is 11.3 Å². The molecule has 2 aromatic rings. The van der Waals surface area contributed by atoms with E-state index in [0.717, 1.165) is 0 Å². The summed E-state index contributed by atoms with van der Waals surface area (Å²) in [4.78, 5) is 30.1. The minimum Gasteiger partial charge on any atom is -0.339 e. The Morgan fingerprint density at radius 3 is 2.95 bits per heavy atom. The number of thiazole rings is 1. The molecule has 3 rings (SSSR count). The first-order chi connectivity index (χ1) is 10.4. The van der Waals surface area contributed by atoms with Gasteiger partial charge < -0.3 is 10.2 Å². The summed E-state index contributed by atoms with van der Waals surface area (Å²) in [5, 5.41) is 3.17. The molecule has 1 atom stereocenters. The van der Waals surface area contributed by atoms with Gasteiger partial charge in [0, 0.05) is 19.0 Å². The lowest BCUT2D eigenvalue weighted by Crippen LogP contribution is -2.33. The summed E-state index contributed by atoms with van der Waals surface area (Å²) >= 11 is 1.22. The minimum absolute atomic E-state index is 0.00141. The average Bonchev–Trinajstić information content (AvgIpc) is 3.01. The van der Waals surface area contributed by atoms with Crippen molar-refractivity contribution in [3.63, 3.8) is 0 Å². The van der Waals surface area contributed by atoms with Gasteiger partial charge >= 0.3 is 0 Å². The van der Waals surface area contributed by atoms with E-state index in [1.54, 1.807) is 11.0 Å². The summed E-state index contributed by atoms with van der Waals surface area (Å²) in [6.07, 6.45) is 0.226. The number of carbonyl (C=O) groups is 2. The molecule has 1 aliphatic rings. The summed E-state index contributed by atoms with van der Waals surface area (Å²) in [6, 6.07) is 4.40. The van der Waals surface area contributed by atoms with Gasteiger partial charge in [-0.25, -0.2) is 9.37 Å². The van der Waals surface area contributed by atoms with Crippen LogP contribution in [0.5, 0.6) is 0 Å². The van der Waals surface area contributed by atoms with Crippen LogP contribution in [0.1, 0.15) is 20.3 Å². The van der Waals surface area contributed by atoms with Gasteiger partial charge in [0.25, 0.3) is 0 Å². The molecule has 0 spiro atoms. The van der Waals surface area contributed by atoms with Crippen LogP contribution in [-0.4, -0.2) is 34.3 Å². The van der Waals surface area contributed by atoms with Gasteiger partial charge in [-0.15, -0.1) is 0 Å². The molecule has 1 N–H and O–H groups in total. The van der Waals surface area contributed by atoms with Crippen molar-refractivity contribution in [1.29, 1.82) is 0 Å². The highest BCUT2D eigenvalue weighted by atomic mass is 32.1. The van der Waals surface area contributed by atoms with Crippen LogP contribution in [0.2, 0.25) is 0 Å². The van der Waals surface area contributed by atoms with Crippen LogP contribution in [0.25, 0.3) is 10.2 Å². The van der Waals surface area contributed by atoms with Crippen molar-refractivity contribution in [2.24, 2.45) is 5.92 Å². The Bertz CT molecular complexity index is 743. The van der Waals surface area contributed by atoms with Crippen molar-refractivity contribution >= 4 is 38.5 Å². The van der Waals surface area contributed by atoms with Crippen molar-refractivity contribution in [2.45, 2.75) is 26.3 Å². The van der Waals surface area contributed by atoms with Gasteiger partial charge in [-0.05, 0) is 32.0 Å². The molecule has 0 aliphatic carbocycles. The molecule has 2 heterocycles. The molecule has 2 amide bonds. The fraction of sp³-hybridized carbons (Fsp3) is 0.400. The molecule has 22 heavy (non-hydrogen) atoms. The first-order valence-electron chi connectivity index (χ1n) is 7.10. The van der Waals surface area contributed by atoms with Gasteiger partial charge in [-0.3, -0.25) is 9.59 Å². The highest BCUT2D eigenvalue weighted by molar-refractivity contribution is 7.22. The number of halogens is 1. The van der Waals surface area contributed by atoms with E-state index in [1.807, 2.05) is 13.8 Å². The van der Waals surface area contributed by atoms with Gasteiger partial charge in [-0.2, -0.15) is 0 Å². The van der Waals surface area contributed by atoms with E-state index >= 15 is 0 Å². The number of aromatic nitrogens is 1. The molecular formula is C15H16FN3O2S. The molecule has 1 aromatic heterocycles. The first kappa shape index (κ1) is 14.9. The normalized spacial score (nSPS) is 18.5. The zero-order chi connectivity index (χ0) is 15.9. The predicted molar refractivity (Wildman–Crippen MR) is 83.2 cm³/mol. The number of benzene rings is 1. The third-order valence-corrected chi connectivity index (χ3v) is 4.67. The van der Waals surface area contributed by atoms with E-state index in [4.69, 9.17) is 0 Å². The van der Waals surface area contributed by atoms with Crippen molar-refractivity contribution in [3.05, 3.63) is 24.0 Å². The third kappa shape index (κ3) is 2.81. The van der Waals surface area contributed by atoms with Crippen LogP contribution in [0.4, 0.5) is 9.52 Å². The fourth-order valence-corrected chi connectivity index (χ4v) is 3.46. The number of carbonyl (C=O) groups excluding carboxylic acids is 2. The summed E-state index contributed by atoms with van der Waals surface area (Å²) in [5.41, 5.74) is 0.646. The van der Waals surface area contributed by atoms with Gasteiger partial charge in [0.05, 0.1) is 16.1 Å². The van der Waals surface area contributed by atoms with Gasteiger partial charge in [0.2, 0.25) is 11.8 Å². The number of nitrogens with one attached hydrogen (secondary N) is 1. The predicted octanol–water partition coefficient (Wildman–Crippen LogP) is 2.63. The van der Waals surface area contributed by atoms with Crippen LogP contribution in [0, 0.1) is 11.7 Å². The quantitative estimate of drug-likeness (QED) is 0.945. The largest absolute Gasteiger partial charge is 0.339 e. The lowest BCUT2D eigenvalue weighted by Gasteiger charge is -2.20. The number of hydrogen-bond donors (Lipinski definition) is 1. The molecule has 1 aromatic carbocycles. The maximum atomic E-state index is 13.2. The fourth-order valence-electron chi connectivity index (χ4n) is 2.57. The zero-order valence-electron chi connectivity index (χ0n) is 12.3. The molecule has 0 saturated carbocycles. The summed E-state index contributed by atoms with van der Waals surface area (Å²) < 4.78 is 13.8. The summed E-state index contributed by atoms with van der Waals surface area (Å²) in [7, 11) is 0. The Balaban J connectivity index is 1.72. The molecule has 1 fully saturated rings. The van der Waals surface area contributed by atoms with E-state index in [2.05, 4.69) is 10.3 Å². The van der Waals surface area contributed by atoms with Crippen molar-refractivity contribution in [3.8, 4) is 0 Å². The SMILES string of the molecule is CC(C)N1CC(C(=O)Nc2nc3ccc(F)cc3s2)CC1=O. The number of likely N-dealkylation sites (tertiary alicyclic amines) is 1. The smallest absolute Gasteiger partial charge is 0.231 e. The van der Waals surface area contributed by atoms with E-state index in [0.29, 0.717) is 21.9 Å². The Morgan fingerprint density at radius 1 is 1.50 bits per heavy atom. The lowest BCUT2D eigenvalue weighted by molar-refractivity contribution is -0.129. The number of amides is 2. The maximum absolute atomic E-state index is 13.2. The first-order valence-corrected chi connectivity index (χ1v) is 7.92. The van der Waals surface area contributed by atoms with E-state index in [1.165, 1.54) is 23.5 Å². The highest BCUT2D eigenvalue weighted by Crippen LogP contribution is 2.28. The lowest BCUT2D eigenvalue weighted by atomic mass is 10.1. The Hall–Kier alpha value is -2.02. The zero-order valence-corrected chi connectivity index (χ0v) is 13.1. The van der Waals surface area contributed by atoms with Crippen LogP contribution >= 0.6 is 11.3 Å². The highest BCUT2D eigenvalue weighted by Gasteiger charge is 2.35. The second-order valence-corrected chi connectivity index (χ2v) is 6.69. The summed E-state index contributed by atoms with van der Waals surface area (Å²) in [6.45, 7) is 4.29. The molecule has 116 valence electrons. The number of nitrogens with zero attached hydrogens (tertiary/aromatic N) is 2. The monoisotopic (exact) mass is 321 g/mol. The molecule has 0 radical (unpaired) electrons. The maximum Gasteiger partial charge on any atom is 0.231 e. The molecule has 1 unspecified atom stereocenters. The van der Waals surface area contributed by atoms with E-state index in [9.17, 15) is 14.0 Å². The van der Waals surface area contributed by atoms with Crippen molar-refractivity contribution < 1.29 is 14.0 Å². The molecule has 5 nitrogen and oxygen atoms in total. The van der Waals surface area contributed by atoms with Crippen LogP contribution < -0.4 is 5.32 Å².